The minimum atomic E-state index is 0.723. The molecule has 0 aromatic carbocycles. The van der Waals surface area contributed by atoms with Crippen LogP contribution in [0.2, 0.25) is 0 Å². The Labute approximate surface area is 131 Å². The second-order valence-electron chi connectivity index (χ2n) is 7.85. The van der Waals surface area contributed by atoms with Crippen LogP contribution >= 0.6 is 0 Å². The molecule has 0 bridgehead atoms. The topological polar surface area (TPSA) is 18.5 Å². The van der Waals surface area contributed by atoms with Gasteiger partial charge in [-0.15, -0.1) is 0 Å². The molecule has 3 nitrogen and oxygen atoms in total. The molecule has 2 aliphatic heterocycles. The molecule has 0 aromatic heterocycles. The van der Waals surface area contributed by atoms with Gasteiger partial charge in [-0.25, -0.2) is 0 Å². The van der Waals surface area contributed by atoms with E-state index in [0.29, 0.717) is 0 Å². The highest BCUT2D eigenvalue weighted by Crippen LogP contribution is 2.33. The van der Waals surface area contributed by atoms with E-state index in [0.717, 1.165) is 24.0 Å². The highest BCUT2D eigenvalue weighted by Gasteiger charge is 2.36. The Bertz CT molecular complexity index is 308. The van der Waals surface area contributed by atoms with Gasteiger partial charge in [0.25, 0.3) is 0 Å². The molecule has 0 aromatic rings. The Morgan fingerprint density at radius 3 is 2.48 bits per heavy atom. The summed E-state index contributed by atoms with van der Waals surface area (Å²) in [5.41, 5.74) is 0. The van der Waals surface area contributed by atoms with Gasteiger partial charge in [-0.1, -0.05) is 0 Å². The van der Waals surface area contributed by atoms with Gasteiger partial charge in [-0.05, 0) is 90.9 Å². The van der Waals surface area contributed by atoms with E-state index in [4.69, 9.17) is 0 Å². The van der Waals surface area contributed by atoms with E-state index in [2.05, 4.69) is 29.0 Å². The summed E-state index contributed by atoms with van der Waals surface area (Å²) in [7, 11) is 0. The molecule has 3 aliphatic rings. The minimum Gasteiger partial charge on any atom is -0.316 e. The van der Waals surface area contributed by atoms with Gasteiger partial charge in [0.1, 0.15) is 0 Å². The van der Waals surface area contributed by atoms with Crippen LogP contribution in [-0.2, 0) is 0 Å². The molecule has 2 unspecified atom stereocenters. The summed E-state index contributed by atoms with van der Waals surface area (Å²) >= 11 is 0. The number of nitrogens with zero attached hydrogens (tertiary/aromatic N) is 2. The molecule has 0 radical (unpaired) electrons. The van der Waals surface area contributed by atoms with E-state index in [-0.39, 0.29) is 0 Å². The standard InChI is InChI=1S/C18H35N3/c1-15(2)20-11-4-6-17(9-12-20)21(18-7-8-18)14-16-5-3-10-19-13-16/h15-19H,3-14H2,1-2H3. The van der Waals surface area contributed by atoms with Crippen LogP contribution in [0.4, 0.5) is 0 Å². The fraction of sp³-hybridized carbons (Fsp3) is 1.00. The van der Waals surface area contributed by atoms with Gasteiger partial charge >= 0.3 is 0 Å². The third kappa shape index (κ3) is 4.43. The van der Waals surface area contributed by atoms with Crippen molar-refractivity contribution in [1.29, 1.82) is 0 Å². The van der Waals surface area contributed by atoms with Crippen LogP contribution in [-0.4, -0.2) is 60.6 Å². The molecule has 3 rings (SSSR count). The van der Waals surface area contributed by atoms with Gasteiger partial charge in [-0.3, -0.25) is 4.90 Å². The average Bonchev–Trinajstić information content (AvgIpc) is 3.32. The maximum atomic E-state index is 3.60. The zero-order chi connectivity index (χ0) is 14.7. The zero-order valence-corrected chi connectivity index (χ0v) is 14.2. The average molecular weight is 293 g/mol. The van der Waals surface area contributed by atoms with Crippen molar-refractivity contribution >= 4 is 0 Å². The van der Waals surface area contributed by atoms with Crippen molar-refractivity contribution in [2.75, 3.05) is 32.7 Å². The molecular weight excluding hydrogens is 258 g/mol. The molecule has 2 heterocycles. The molecule has 21 heavy (non-hydrogen) atoms. The van der Waals surface area contributed by atoms with Crippen molar-refractivity contribution in [3.63, 3.8) is 0 Å². The fourth-order valence-corrected chi connectivity index (χ4v) is 4.33. The molecule has 3 fully saturated rings. The number of hydrogen-bond donors (Lipinski definition) is 1. The molecule has 2 atom stereocenters. The van der Waals surface area contributed by atoms with Crippen LogP contribution < -0.4 is 5.32 Å². The van der Waals surface area contributed by atoms with E-state index in [1.165, 1.54) is 77.7 Å². The molecule has 2 saturated heterocycles. The third-order valence-electron chi connectivity index (χ3n) is 5.82. The Balaban J connectivity index is 1.55. The predicted octanol–water partition coefficient (Wildman–Crippen LogP) is 2.71. The van der Waals surface area contributed by atoms with E-state index >= 15 is 0 Å². The van der Waals surface area contributed by atoms with Crippen molar-refractivity contribution in [3.05, 3.63) is 0 Å². The second-order valence-corrected chi connectivity index (χ2v) is 7.85. The zero-order valence-electron chi connectivity index (χ0n) is 14.2. The van der Waals surface area contributed by atoms with Crippen molar-refractivity contribution < 1.29 is 0 Å². The normalized spacial score (nSPS) is 32.6. The van der Waals surface area contributed by atoms with E-state index in [1.807, 2.05) is 0 Å². The van der Waals surface area contributed by atoms with Crippen LogP contribution in [0.5, 0.6) is 0 Å². The van der Waals surface area contributed by atoms with Crippen molar-refractivity contribution in [2.24, 2.45) is 5.92 Å². The Morgan fingerprint density at radius 2 is 1.81 bits per heavy atom. The Hall–Kier alpha value is -0.120. The second kappa shape index (κ2) is 7.43. The summed E-state index contributed by atoms with van der Waals surface area (Å²) < 4.78 is 0. The lowest BCUT2D eigenvalue weighted by atomic mass is 9.97. The monoisotopic (exact) mass is 293 g/mol. The Morgan fingerprint density at radius 1 is 1.00 bits per heavy atom. The lowest BCUT2D eigenvalue weighted by Crippen LogP contribution is -2.44. The van der Waals surface area contributed by atoms with E-state index < -0.39 is 0 Å². The van der Waals surface area contributed by atoms with Crippen LogP contribution in [0.3, 0.4) is 0 Å². The van der Waals surface area contributed by atoms with Gasteiger partial charge in [0.15, 0.2) is 0 Å². The van der Waals surface area contributed by atoms with Crippen LogP contribution in [0.25, 0.3) is 0 Å². The Kier molecular flexibility index (Phi) is 5.58. The summed E-state index contributed by atoms with van der Waals surface area (Å²) in [6.07, 6.45) is 9.98. The van der Waals surface area contributed by atoms with E-state index in [9.17, 15) is 0 Å². The number of rotatable bonds is 5. The highest BCUT2D eigenvalue weighted by molar-refractivity contribution is 4.92. The summed E-state index contributed by atoms with van der Waals surface area (Å²) in [5.74, 6) is 0.906. The first-order chi connectivity index (χ1) is 10.2. The van der Waals surface area contributed by atoms with Crippen molar-refractivity contribution in [3.8, 4) is 0 Å². The van der Waals surface area contributed by atoms with Crippen molar-refractivity contribution in [1.82, 2.24) is 15.1 Å². The van der Waals surface area contributed by atoms with Gasteiger partial charge < -0.3 is 10.2 Å². The first-order valence-electron chi connectivity index (χ1n) is 9.44. The number of likely N-dealkylation sites (tertiary alicyclic amines) is 1. The number of nitrogens with one attached hydrogen (secondary N) is 1. The van der Waals surface area contributed by atoms with Gasteiger partial charge in [0.2, 0.25) is 0 Å². The van der Waals surface area contributed by atoms with E-state index in [1.54, 1.807) is 0 Å². The van der Waals surface area contributed by atoms with Crippen LogP contribution in [0, 0.1) is 5.92 Å². The first kappa shape index (κ1) is 15.8. The highest BCUT2D eigenvalue weighted by atomic mass is 15.2. The third-order valence-corrected chi connectivity index (χ3v) is 5.82. The summed E-state index contributed by atoms with van der Waals surface area (Å²) in [6, 6.07) is 2.52. The summed E-state index contributed by atoms with van der Waals surface area (Å²) in [5, 5.41) is 3.60. The first-order valence-corrected chi connectivity index (χ1v) is 9.44. The molecule has 0 amide bonds. The molecule has 1 N–H and O–H groups in total. The summed E-state index contributed by atoms with van der Waals surface area (Å²) in [4.78, 5) is 5.62. The van der Waals surface area contributed by atoms with Crippen molar-refractivity contribution in [2.45, 2.75) is 76.9 Å². The molecule has 3 heteroatoms. The molecule has 122 valence electrons. The molecular formula is C18H35N3. The lowest BCUT2D eigenvalue weighted by molar-refractivity contribution is 0.130. The minimum absolute atomic E-state index is 0.723. The quantitative estimate of drug-likeness (QED) is 0.841. The smallest absolute Gasteiger partial charge is 0.0111 e. The number of hydrogen-bond acceptors (Lipinski definition) is 3. The molecule has 1 aliphatic carbocycles. The van der Waals surface area contributed by atoms with Crippen LogP contribution in [0.15, 0.2) is 0 Å². The molecule has 0 spiro atoms. The van der Waals surface area contributed by atoms with Gasteiger partial charge in [0.05, 0.1) is 0 Å². The van der Waals surface area contributed by atoms with Crippen LogP contribution in [0.1, 0.15) is 58.8 Å². The largest absolute Gasteiger partial charge is 0.316 e. The fourth-order valence-electron chi connectivity index (χ4n) is 4.33. The maximum absolute atomic E-state index is 3.60. The molecule has 1 saturated carbocycles. The van der Waals surface area contributed by atoms with Gasteiger partial charge in [0, 0.05) is 24.7 Å². The SMILES string of the molecule is CC(C)N1CCCC(N(CC2CCCNC2)C2CC2)CC1. The maximum Gasteiger partial charge on any atom is 0.0111 e. The van der Waals surface area contributed by atoms with Gasteiger partial charge in [-0.2, -0.15) is 0 Å². The lowest BCUT2D eigenvalue weighted by Gasteiger charge is -2.36. The predicted molar refractivity (Wildman–Crippen MR) is 89.7 cm³/mol. The summed E-state index contributed by atoms with van der Waals surface area (Å²) in [6.45, 7) is 11.2. The number of piperidine rings is 1.